The molecule has 1 N–H and O–H groups in total. The Balaban J connectivity index is 2.19. The molecule has 0 radical (unpaired) electrons. The molecule has 0 spiro atoms. The molecule has 31 heavy (non-hydrogen) atoms. The average Bonchev–Trinajstić information content (AvgIpc) is 2.77. The summed E-state index contributed by atoms with van der Waals surface area (Å²) < 4.78 is 5.19. The second-order valence-corrected chi connectivity index (χ2v) is 8.49. The highest BCUT2D eigenvalue weighted by molar-refractivity contribution is 5.74. The second kappa shape index (κ2) is 14.7. The fourth-order valence-corrected chi connectivity index (χ4v) is 4.27. The first-order valence-electron chi connectivity index (χ1n) is 12.3. The van der Waals surface area contributed by atoms with Gasteiger partial charge in [-0.3, -0.25) is 0 Å². The standard InChI is InChI=1S/C28H40O3/c1-3-5-7-9-10-11-13-20-26-25(21-16-22-27(26)31-28(29)30)24-19-15-14-18-23(24)17-12-8-6-4-2/h14-16,18-19,21-22H,3-13,17,20H2,1-2H3,(H,29,30). The van der Waals surface area contributed by atoms with E-state index in [0.29, 0.717) is 5.75 Å². The van der Waals surface area contributed by atoms with E-state index in [1.54, 1.807) is 6.07 Å². The van der Waals surface area contributed by atoms with E-state index in [1.165, 1.54) is 75.3 Å². The summed E-state index contributed by atoms with van der Waals surface area (Å²) in [6, 6.07) is 14.4. The van der Waals surface area contributed by atoms with Crippen molar-refractivity contribution in [1.82, 2.24) is 0 Å². The topological polar surface area (TPSA) is 46.5 Å². The van der Waals surface area contributed by atoms with Crippen molar-refractivity contribution in [3.63, 3.8) is 0 Å². The van der Waals surface area contributed by atoms with Crippen molar-refractivity contribution in [2.24, 2.45) is 0 Å². The Morgan fingerprint density at radius 3 is 2.00 bits per heavy atom. The van der Waals surface area contributed by atoms with Crippen molar-refractivity contribution < 1.29 is 14.6 Å². The number of benzene rings is 2. The Morgan fingerprint density at radius 2 is 1.29 bits per heavy atom. The minimum Gasteiger partial charge on any atom is -0.449 e. The van der Waals surface area contributed by atoms with Gasteiger partial charge < -0.3 is 9.84 Å². The van der Waals surface area contributed by atoms with Crippen LogP contribution in [0, 0.1) is 0 Å². The third-order valence-electron chi connectivity index (χ3n) is 5.97. The van der Waals surface area contributed by atoms with Gasteiger partial charge >= 0.3 is 6.16 Å². The molecule has 0 saturated carbocycles. The molecule has 0 aliphatic carbocycles. The van der Waals surface area contributed by atoms with Crippen LogP contribution < -0.4 is 4.74 Å². The van der Waals surface area contributed by atoms with Crippen molar-refractivity contribution in [3.8, 4) is 16.9 Å². The van der Waals surface area contributed by atoms with Gasteiger partial charge in [0, 0.05) is 5.56 Å². The summed E-state index contributed by atoms with van der Waals surface area (Å²) in [6.07, 6.45) is 14.2. The average molecular weight is 425 g/mol. The second-order valence-electron chi connectivity index (χ2n) is 8.49. The summed E-state index contributed by atoms with van der Waals surface area (Å²) in [7, 11) is 0. The van der Waals surface area contributed by atoms with Gasteiger partial charge in [-0.1, -0.05) is 108 Å². The van der Waals surface area contributed by atoms with Crippen LogP contribution in [0.25, 0.3) is 11.1 Å². The number of carboxylic acid groups (broad SMARTS) is 1. The molecule has 3 nitrogen and oxygen atoms in total. The summed E-state index contributed by atoms with van der Waals surface area (Å²) in [5.74, 6) is 0.483. The highest BCUT2D eigenvalue weighted by atomic mass is 16.7. The summed E-state index contributed by atoms with van der Waals surface area (Å²) >= 11 is 0. The van der Waals surface area contributed by atoms with Gasteiger partial charge in [0.25, 0.3) is 0 Å². The molecule has 3 heteroatoms. The van der Waals surface area contributed by atoms with Crippen LogP contribution in [0.2, 0.25) is 0 Å². The van der Waals surface area contributed by atoms with Gasteiger partial charge in [-0.15, -0.1) is 0 Å². The quantitative estimate of drug-likeness (QED) is 0.176. The van der Waals surface area contributed by atoms with E-state index in [4.69, 9.17) is 4.74 Å². The molecule has 2 rings (SSSR count). The third-order valence-corrected chi connectivity index (χ3v) is 5.97. The summed E-state index contributed by atoms with van der Waals surface area (Å²) in [5, 5.41) is 9.24. The summed E-state index contributed by atoms with van der Waals surface area (Å²) in [5.41, 5.74) is 4.70. The third kappa shape index (κ3) is 8.77. The predicted octanol–water partition coefficient (Wildman–Crippen LogP) is 8.83. The molecule has 0 aromatic heterocycles. The largest absolute Gasteiger partial charge is 0.511 e. The molecule has 0 unspecified atom stereocenters. The molecule has 0 heterocycles. The Kier molecular flexibility index (Phi) is 11.8. The van der Waals surface area contributed by atoms with Crippen LogP contribution in [0.15, 0.2) is 42.5 Å². The molecule has 0 bridgehead atoms. The highest BCUT2D eigenvalue weighted by Gasteiger charge is 2.15. The lowest BCUT2D eigenvalue weighted by Gasteiger charge is -2.17. The summed E-state index contributed by atoms with van der Waals surface area (Å²) in [6.45, 7) is 4.47. The Hall–Kier alpha value is -2.29. The minimum absolute atomic E-state index is 0.483. The van der Waals surface area contributed by atoms with Crippen molar-refractivity contribution >= 4 is 6.16 Å². The van der Waals surface area contributed by atoms with Crippen molar-refractivity contribution in [2.45, 2.75) is 97.3 Å². The van der Waals surface area contributed by atoms with E-state index >= 15 is 0 Å². The first-order chi connectivity index (χ1) is 15.2. The maximum atomic E-state index is 11.3. The number of rotatable bonds is 15. The van der Waals surface area contributed by atoms with Gasteiger partial charge in [-0.2, -0.15) is 0 Å². The predicted molar refractivity (Wildman–Crippen MR) is 130 cm³/mol. The van der Waals surface area contributed by atoms with Gasteiger partial charge in [0.1, 0.15) is 5.75 Å². The SMILES string of the molecule is CCCCCCCCCc1c(OC(=O)O)cccc1-c1ccccc1CCCCCC. The fraction of sp³-hybridized carbons (Fsp3) is 0.536. The number of aryl methyl sites for hydroxylation is 1. The van der Waals surface area contributed by atoms with Gasteiger partial charge in [-0.25, -0.2) is 4.79 Å². The molecule has 0 aliphatic heterocycles. The van der Waals surface area contributed by atoms with Crippen LogP contribution in [-0.2, 0) is 12.8 Å². The van der Waals surface area contributed by atoms with E-state index in [0.717, 1.165) is 30.4 Å². The number of hydrogen-bond donors (Lipinski definition) is 1. The first kappa shape index (κ1) is 25.0. The lowest BCUT2D eigenvalue weighted by molar-refractivity contribution is 0.144. The van der Waals surface area contributed by atoms with E-state index in [2.05, 4.69) is 44.2 Å². The van der Waals surface area contributed by atoms with E-state index < -0.39 is 6.16 Å². The van der Waals surface area contributed by atoms with Crippen molar-refractivity contribution in [3.05, 3.63) is 53.6 Å². The number of hydrogen-bond acceptors (Lipinski definition) is 2. The van der Waals surface area contributed by atoms with Gasteiger partial charge in [0.05, 0.1) is 0 Å². The van der Waals surface area contributed by atoms with Crippen LogP contribution in [-0.4, -0.2) is 11.3 Å². The lowest BCUT2D eigenvalue weighted by atomic mass is 9.90. The molecule has 170 valence electrons. The van der Waals surface area contributed by atoms with Gasteiger partial charge in [-0.05, 0) is 48.4 Å². The molecule has 0 fully saturated rings. The van der Waals surface area contributed by atoms with Crippen molar-refractivity contribution in [1.29, 1.82) is 0 Å². The first-order valence-corrected chi connectivity index (χ1v) is 12.3. The molecular weight excluding hydrogens is 384 g/mol. The van der Waals surface area contributed by atoms with Crippen LogP contribution >= 0.6 is 0 Å². The Bertz CT molecular complexity index is 782. The fourth-order valence-electron chi connectivity index (χ4n) is 4.27. The lowest BCUT2D eigenvalue weighted by Crippen LogP contribution is -2.07. The van der Waals surface area contributed by atoms with Gasteiger partial charge in [0.15, 0.2) is 0 Å². The highest BCUT2D eigenvalue weighted by Crippen LogP contribution is 2.35. The van der Waals surface area contributed by atoms with E-state index in [1.807, 2.05) is 6.07 Å². The zero-order chi connectivity index (χ0) is 22.3. The zero-order valence-corrected chi connectivity index (χ0v) is 19.5. The number of carbonyl (C=O) groups is 1. The van der Waals surface area contributed by atoms with Crippen LogP contribution in [0.1, 0.15) is 95.6 Å². The maximum absolute atomic E-state index is 11.3. The molecule has 0 atom stereocenters. The molecule has 0 amide bonds. The minimum atomic E-state index is -1.24. The molecule has 2 aromatic carbocycles. The Labute approximate surface area is 188 Å². The number of unbranched alkanes of at least 4 members (excludes halogenated alkanes) is 9. The van der Waals surface area contributed by atoms with Gasteiger partial charge in [0.2, 0.25) is 0 Å². The molecule has 0 saturated heterocycles. The van der Waals surface area contributed by atoms with Crippen LogP contribution in [0.3, 0.4) is 0 Å². The monoisotopic (exact) mass is 424 g/mol. The summed E-state index contributed by atoms with van der Waals surface area (Å²) in [4.78, 5) is 11.3. The zero-order valence-electron chi connectivity index (χ0n) is 19.5. The van der Waals surface area contributed by atoms with Crippen LogP contribution in [0.5, 0.6) is 5.75 Å². The molecular formula is C28H40O3. The van der Waals surface area contributed by atoms with Crippen molar-refractivity contribution in [2.75, 3.05) is 0 Å². The maximum Gasteiger partial charge on any atom is 0.511 e. The van der Waals surface area contributed by atoms with E-state index in [-0.39, 0.29) is 0 Å². The normalized spacial score (nSPS) is 10.9. The Morgan fingerprint density at radius 1 is 0.710 bits per heavy atom. The van der Waals surface area contributed by atoms with Crippen LogP contribution in [0.4, 0.5) is 4.79 Å². The molecule has 0 aliphatic rings. The van der Waals surface area contributed by atoms with E-state index in [9.17, 15) is 9.90 Å². The number of ether oxygens (including phenoxy) is 1. The molecule has 2 aromatic rings. The smallest absolute Gasteiger partial charge is 0.449 e.